The number of hydrogen-bond donors (Lipinski definition) is 1. The molecule has 0 bridgehead atoms. The summed E-state index contributed by atoms with van der Waals surface area (Å²) in [6, 6.07) is 1.16. The molecule has 0 atom stereocenters. The van der Waals surface area contributed by atoms with Crippen molar-refractivity contribution in [1.29, 1.82) is 0 Å². The molecule has 0 saturated heterocycles. The Labute approximate surface area is 105 Å². The third kappa shape index (κ3) is 3.36. The predicted molar refractivity (Wildman–Crippen MR) is 73.1 cm³/mol. The van der Waals surface area contributed by atoms with Gasteiger partial charge in [-0.25, -0.2) is 4.99 Å². The fourth-order valence-corrected chi connectivity index (χ4v) is 3.29. The van der Waals surface area contributed by atoms with E-state index in [0.717, 1.165) is 12.5 Å². The maximum absolute atomic E-state index is 6.22. The van der Waals surface area contributed by atoms with Crippen molar-refractivity contribution in [2.24, 2.45) is 10.7 Å². The molecule has 2 aliphatic rings. The fraction of sp³-hybridized carbons (Fsp3) is 0.929. The van der Waals surface area contributed by atoms with Crippen molar-refractivity contribution in [3.63, 3.8) is 0 Å². The van der Waals surface area contributed by atoms with Crippen LogP contribution in [0, 0.1) is 0 Å². The van der Waals surface area contributed by atoms with Crippen LogP contribution in [0.25, 0.3) is 0 Å². The molecular weight excluding hydrogens is 210 g/mol. The molecule has 2 rings (SSSR count). The molecule has 2 fully saturated rings. The van der Waals surface area contributed by atoms with Crippen molar-refractivity contribution in [3.05, 3.63) is 0 Å². The zero-order valence-electron chi connectivity index (χ0n) is 11.2. The summed E-state index contributed by atoms with van der Waals surface area (Å²) in [7, 11) is 0. The second-order valence-electron chi connectivity index (χ2n) is 5.50. The quantitative estimate of drug-likeness (QED) is 0.606. The average molecular weight is 237 g/mol. The van der Waals surface area contributed by atoms with Crippen LogP contribution in [-0.4, -0.2) is 29.5 Å². The Balaban J connectivity index is 1.95. The highest BCUT2D eigenvalue weighted by Gasteiger charge is 2.22. The zero-order chi connectivity index (χ0) is 12.1. The molecule has 0 aliphatic heterocycles. The Morgan fingerprint density at radius 2 is 1.65 bits per heavy atom. The lowest BCUT2D eigenvalue weighted by atomic mass is 9.94. The normalized spacial score (nSPS) is 24.2. The maximum atomic E-state index is 6.22. The Kier molecular flexibility index (Phi) is 4.69. The molecule has 2 saturated carbocycles. The van der Waals surface area contributed by atoms with Crippen molar-refractivity contribution >= 4 is 5.96 Å². The standard InChI is InChI=1S/C14H27N3/c1-2-17(13-10-4-3-5-11-13)14(15)16-12-8-6-7-9-12/h12-13H,2-11H2,1H3,(H2,15,16). The van der Waals surface area contributed by atoms with Crippen molar-refractivity contribution in [2.45, 2.75) is 76.8 Å². The smallest absolute Gasteiger partial charge is 0.191 e. The van der Waals surface area contributed by atoms with Gasteiger partial charge in [-0.05, 0) is 32.6 Å². The number of rotatable bonds is 3. The van der Waals surface area contributed by atoms with Crippen molar-refractivity contribution in [1.82, 2.24) is 4.90 Å². The van der Waals surface area contributed by atoms with Crippen LogP contribution in [0.2, 0.25) is 0 Å². The van der Waals surface area contributed by atoms with Gasteiger partial charge in [0.05, 0.1) is 6.04 Å². The predicted octanol–water partition coefficient (Wildman–Crippen LogP) is 2.90. The Bertz CT molecular complexity index is 250. The molecule has 0 unspecified atom stereocenters. The summed E-state index contributed by atoms with van der Waals surface area (Å²) in [4.78, 5) is 7.09. The first kappa shape index (κ1) is 12.7. The molecule has 0 spiro atoms. The van der Waals surface area contributed by atoms with E-state index >= 15 is 0 Å². The molecule has 0 heterocycles. The first-order valence-electron chi connectivity index (χ1n) is 7.41. The second-order valence-corrected chi connectivity index (χ2v) is 5.50. The van der Waals surface area contributed by atoms with Gasteiger partial charge in [-0.3, -0.25) is 0 Å². The highest BCUT2D eigenvalue weighted by Crippen LogP contribution is 2.24. The van der Waals surface area contributed by atoms with Gasteiger partial charge in [0.15, 0.2) is 5.96 Å². The van der Waals surface area contributed by atoms with Crippen LogP contribution in [0.1, 0.15) is 64.7 Å². The van der Waals surface area contributed by atoms with Crippen molar-refractivity contribution < 1.29 is 0 Å². The lowest BCUT2D eigenvalue weighted by Crippen LogP contribution is -2.45. The molecule has 17 heavy (non-hydrogen) atoms. The van der Waals surface area contributed by atoms with Gasteiger partial charge in [-0.1, -0.05) is 32.1 Å². The molecule has 98 valence electrons. The Morgan fingerprint density at radius 1 is 1.06 bits per heavy atom. The third-order valence-electron chi connectivity index (χ3n) is 4.29. The fourth-order valence-electron chi connectivity index (χ4n) is 3.29. The van der Waals surface area contributed by atoms with E-state index in [9.17, 15) is 0 Å². The Hall–Kier alpha value is -0.730. The summed E-state index contributed by atoms with van der Waals surface area (Å²) in [5.74, 6) is 0.811. The van der Waals surface area contributed by atoms with Crippen LogP contribution in [-0.2, 0) is 0 Å². The zero-order valence-corrected chi connectivity index (χ0v) is 11.2. The first-order valence-corrected chi connectivity index (χ1v) is 7.41. The summed E-state index contributed by atoms with van der Waals surface area (Å²) in [5.41, 5.74) is 6.22. The van der Waals surface area contributed by atoms with Gasteiger partial charge < -0.3 is 10.6 Å². The van der Waals surface area contributed by atoms with E-state index in [1.165, 1.54) is 57.8 Å². The summed E-state index contributed by atoms with van der Waals surface area (Å²) in [6.07, 6.45) is 11.9. The lowest BCUT2D eigenvalue weighted by Gasteiger charge is -2.34. The van der Waals surface area contributed by atoms with Crippen LogP contribution in [0.5, 0.6) is 0 Å². The highest BCUT2D eigenvalue weighted by molar-refractivity contribution is 5.78. The molecule has 3 heteroatoms. The van der Waals surface area contributed by atoms with Gasteiger partial charge >= 0.3 is 0 Å². The van der Waals surface area contributed by atoms with Crippen LogP contribution >= 0.6 is 0 Å². The van der Waals surface area contributed by atoms with E-state index < -0.39 is 0 Å². The molecule has 0 radical (unpaired) electrons. The summed E-state index contributed by atoms with van der Waals surface area (Å²) < 4.78 is 0. The molecule has 2 aliphatic carbocycles. The van der Waals surface area contributed by atoms with Crippen molar-refractivity contribution in [2.75, 3.05) is 6.54 Å². The van der Waals surface area contributed by atoms with Gasteiger partial charge in [0.25, 0.3) is 0 Å². The van der Waals surface area contributed by atoms with E-state index in [2.05, 4.69) is 11.8 Å². The minimum absolute atomic E-state index is 0.507. The van der Waals surface area contributed by atoms with E-state index in [-0.39, 0.29) is 0 Å². The van der Waals surface area contributed by atoms with Crippen LogP contribution in [0.15, 0.2) is 4.99 Å². The second kappa shape index (κ2) is 6.27. The lowest BCUT2D eigenvalue weighted by molar-refractivity contribution is 0.248. The molecule has 0 aromatic rings. The number of hydrogen-bond acceptors (Lipinski definition) is 1. The van der Waals surface area contributed by atoms with E-state index in [1.807, 2.05) is 0 Å². The minimum Gasteiger partial charge on any atom is -0.370 e. The van der Waals surface area contributed by atoms with Crippen LogP contribution in [0.3, 0.4) is 0 Å². The van der Waals surface area contributed by atoms with Crippen LogP contribution in [0.4, 0.5) is 0 Å². The largest absolute Gasteiger partial charge is 0.370 e. The van der Waals surface area contributed by atoms with Crippen molar-refractivity contribution in [3.8, 4) is 0 Å². The third-order valence-corrected chi connectivity index (χ3v) is 4.29. The van der Waals surface area contributed by atoms with E-state index in [1.54, 1.807) is 0 Å². The maximum Gasteiger partial charge on any atom is 0.191 e. The van der Waals surface area contributed by atoms with Gasteiger partial charge in [-0.15, -0.1) is 0 Å². The molecule has 0 aromatic carbocycles. The van der Waals surface area contributed by atoms with Gasteiger partial charge in [0.1, 0.15) is 0 Å². The van der Waals surface area contributed by atoms with E-state index in [0.29, 0.717) is 12.1 Å². The number of nitrogens with zero attached hydrogens (tertiary/aromatic N) is 2. The summed E-state index contributed by atoms with van der Waals surface area (Å²) >= 11 is 0. The van der Waals surface area contributed by atoms with E-state index in [4.69, 9.17) is 10.7 Å². The SMILES string of the molecule is CCN(C(N)=NC1CCCC1)C1CCCCC1. The summed E-state index contributed by atoms with van der Waals surface area (Å²) in [6.45, 7) is 3.21. The molecule has 0 aromatic heterocycles. The topological polar surface area (TPSA) is 41.6 Å². The monoisotopic (exact) mass is 237 g/mol. The number of guanidine groups is 1. The van der Waals surface area contributed by atoms with Gasteiger partial charge in [0, 0.05) is 12.6 Å². The summed E-state index contributed by atoms with van der Waals surface area (Å²) in [5, 5.41) is 0. The average Bonchev–Trinajstić information content (AvgIpc) is 2.84. The molecule has 2 N–H and O–H groups in total. The molecule has 0 amide bonds. The highest BCUT2D eigenvalue weighted by atomic mass is 15.3. The first-order chi connectivity index (χ1) is 8.31. The molecule has 3 nitrogen and oxygen atoms in total. The number of aliphatic imine (C=N–C) groups is 1. The van der Waals surface area contributed by atoms with Gasteiger partial charge in [0.2, 0.25) is 0 Å². The molecular formula is C14H27N3. The van der Waals surface area contributed by atoms with Gasteiger partial charge in [-0.2, -0.15) is 0 Å². The Morgan fingerprint density at radius 3 is 2.24 bits per heavy atom. The number of nitrogens with two attached hydrogens (primary N) is 1. The van der Waals surface area contributed by atoms with Crippen LogP contribution < -0.4 is 5.73 Å². The minimum atomic E-state index is 0.507.